The zero-order valence-electron chi connectivity index (χ0n) is 11.6. The predicted octanol–water partition coefficient (Wildman–Crippen LogP) is 4.20. The van der Waals surface area contributed by atoms with Gasteiger partial charge in [0.2, 0.25) is 5.91 Å². The average Bonchev–Trinajstić information content (AvgIpc) is 2.84. The van der Waals surface area contributed by atoms with E-state index in [0.29, 0.717) is 22.8 Å². The standard InChI is InChI=1S/C14H16ClN3OS2/c1-9-8-21-14(17-9)20-6-2-3-13(19)18-12-5-4-10(16)7-11(12)15/h4-5,7-8H,2-3,6,16H2,1H3,(H,18,19). The number of aromatic nitrogens is 1. The topological polar surface area (TPSA) is 68.0 Å². The smallest absolute Gasteiger partial charge is 0.224 e. The number of nitrogens with one attached hydrogen (secondary N) is 1. The molecule has 0 bridgehead atoms. The number of carbonyl (C=O) groups excluding carboxylic acids is 1. The lowest BCUT2D eigenvalue weighted by atomic mass is 10.2. The van der Waals surface area contributed by atoms with Crippen LogP contribution in [-0.4, -0.2) is 16.6 Å². The zero-order chi connectivity index (χ0) is 15.2. The van der Waals surface area contributed by atoms with Crippen molar-refractivity contribution in [2.45, 2.75) is 24.1 Å². The molecule has 0 unspecified atom stereocenters. The molecular weight excluding hydrogens is 326 g/mol. The Hall–Kier alpha value is -1.24. The van der Waals surface area contributed by atoms with Gasteiger partial charge in [-0.05, 0) is 31.5 Å². The quantitative estimate of drug-likeness (QED) is 0.469. The number of nitrogens with two attached hydrogens (primary N) is 1. The van der Waals surface area contributed by atoms with E-state index in [9.17, 15) is 4.79 Å². The van der Waals surface area contributed by atoms with Crippen LogP contribution in [0.1, 0.15) is 18.5 Å². The summed E-state index contributed by atoms with van der Waals surface area (Å²) in [7, 11) is 0. The summed E-state index contributed by atoms with van der Waals surface area (Å²) in [6.07, 6.45) is 1.25. The number of halogens is 1. The maximum atomic E-state index is 11.8. The molecule has 0 radical (unpaired) electrons. The largest absolute Gasteiger partial charge is 0.399 e. The first kappa shape index (κ1) is 16.1. The van der Waals surface area contributed by atoms with Crippen LogP contribution in [0.5, 0.6) is 0 Å². The Labute approximate surface area is 137 Å². The minimum atomic E-state index is -0.0439. The summed E-state index contributed by atoms with van der Waals surface area (Å²) in [4.78, 5) is 16.2. The summed E-state index contributed by atoms with van der Waals surface area (Å²) in [6, 6.07) is 5.04. The van der Waals surface area contributed by atoms with E-state index in [1.54, 1.807) is 41.3 Å². The number of benzene rings is 1. The van der Waals surface area contributed by atoms with Gasteiger partial charge in [-0.2, -0.15) is 0 Å². The molecule has 1 amide bonds. The molecule has 1 heterocycles. The molecule has 112 valence electrons. The average molecular weight is 342 g/mol. The lowest BCUT2D eigenvalue weighted by molar-refractivity contribution is -0.116. The molecule has 0 fully saturated rings. The summed E-state index contributed by atoms with van der Waals surface area (Å²) < 4.78 is 1.05. The number of hydrogen-bond donors (Lipinski definition) is 2. The molecule has 2 aromatic rings. The maximum absolute atomic E-state index is 11.8. The van der Waals surface area contributed by atoms with Crippen LogP contribution in [-0.2, 0) is 4.79 Å². The molecule has 0 atom stereocenters. The second kappa shape index (κ2) is 7.68. The predicted molar refractivity (Wildman–Crippen MR) is 91.3 cm³/mol. The van der Waals surface area contributed by atoms with Crippen LogP contribution in [0.2, 0.25) is 5.02 Å². The van der Waals surface area contributed by atoms with Gasteiger partial charge in [0, 0.05) is 28.9 Å². The number of aryl methyl sites for hydroxylation is 1. The highest BCUT2D eigenvalue weighted by molar-refractivity contribution is 8.01. The van der Waals surface area contributed by atoms with Crippen LogP contribution in [0.15, 0.2) is 27.9 Å². The lowest BCUT2D eigenvalue weighted by Crippen LogP contribution is -2.11. The van der Waals surface area contributed by atoms with E-state index >= 15 is 0 Å². The molecule has 3 N–H and O–H groups in total. The van der Waals surface area contributed by atoms with Crippen molar-refractivity contribution in [3.8, 4) is 0 Å². The summed E-state index contributed by atoms with van der Waals surface area (Å²) in [5, 5.41) is 5.27. The lowest BCUT2D eigenvalue weighted by Gasteiger charge is -2.07. The SMILES string of the molecule is Cc1csc(SCCCC(=O)Nc2ccc(N)cc2Cl)n1. The van der Waals surface area contributed by atoms with Crippen LogP contribution in [0, 0.1) is 6.92 Å². The number of thiazole rings is 1. The van der Waals surface area contributed by atoms with Gasteiger partial charge in [-0.1, -0.05) is 23.4 Å². The van der Waals surface area contributed by atoms with Gasteiger partial charge >= 0.3 is 0 Å². The molecule has 0 spiro atoms. The number of carbonyl (C=O) groups is 1. The number of anilines is 2. The molecule has 2 rings (SSSR count). The molecule has 0 aliphatic heterocycles. The molecule has 0 aliphatic rings. The first-order valence-electron chi connectivity index (χ1n) is 6.44. The van der Waals surface area contributed by atoms with Crippen LogP contribution in [0.4, 0.5) is 11.4 Å². The molecule has 1 aromatic carbocycles. The monoisotopic (exact) mass is 341 g/mol. The highest BCUT2D eigenvalue weighted by atomic mass is 35.5. The summed E-state index contributed by atoms with van der Waals surface area (Å²) in [6.45, 7) is 1.98. The third kappa shape index (κ3) is 5.22. The molecular formula is C14H16ClN3OS2. The van der Waals surface area contributed by atoms with Crippen molar-refractivity contribution in [1.82, 2.24) is 4.98 Å². The van der Waals surface area contributed by atoms with E-state index in [4.69, 9.17) is 17.3 Å². The minimum Gasteiger partial charge on any atom is -0.399 e. The first-order valence-corrected chi connectivity index (χ1v) is 8.69. The van der Waals surface area contributed by atoms with Crippen molar-refractivity contribution in [1.29, 1.82) is 0 Å². The molecule has 7 heteroatoms. The number of nitrogens with zero attached hydrogens (tertiary/aromatic N) is 1. The fraction of sp³-hybridized carbons (Fsp3) is 0.286. The number of rotatable bonds is 6. The van der Waals surface area contributed by atoms with E-state index in [1.165, 1.54) is 0 Å². The van der Waals surface area contributed by atoms with E-state index in [-0.39, 0.29) is 5.91 Å². The Bertz CT molecular complexity index is 630. The third-order valence-corrected chi connectivity index (χ3v) is 5.18. The van der Waals surface area contributed by atoms with Crippen LogP contribution in [0.25, 0.3) is 0 Å². The maximum Gasteiger partial charge on any atom is 0.224 e. The fourth-order valence-electron chi connectivity index (χ4n) is 1.64. The Morgan fingerprint density at radius 1 is 1.52 bits per heavy atom. The number of nitrogen functional groups attached to an aromatic ring is 1. The summed E-state index contributed by atoms with van der Waals surface area (Å²) in [5.74, 6) is 0.827. The van der Waals surface area contributed by atoms with Gasteiger partial charge in [-0.3, -0.25) is 4.79 Å². The summed E-state index contributed by atoms with van der Waals surface area (Å²) >= 11 is 9.33. The Balaban J connectivity index is 1.72. The van der Waals surface area contributed by atoms with E-state index in [1.807, 2.05) is 12.3 Å². The van der Waals surface area contributed by atoms with Gasteiger partial charge in [0.25, 0.3) is 0 Å². The Morgan fingerprint density at radius 2 is 2.33 bits per heavy atom. The molecule has 0 aliphatic carbocycles. The van der Waals surface area contributed by atoms with Crippen molar-refractivity contribution in [2.75, 3.05) is 16.8 Å². The van der Waals surface area contributed by atoms with E-state index < -0.39 is 0 Å². The normalized spacial score (nSPS) is 10.6. The van der Waals surface area contributed by atoms with Gasteiger partial charge in [0.05, 0.1) is 10.7 Å². The number of thioether (sulfide) groups is 1. The Morgan fingerprint density at radius 3 is 3.00 bits per heavy atom. The molecule has 4 nitrogen and oxygen atoms in total. The van der Waals surface area contributed by atoms with Crippen LogP contribution < -0.4 is 11.1 Å². The van der Waals surface area contributed by atoms with Crippen molar-refractivity contribution >= 4 is 52.0 Å². The van der Waals surface area contributed by atoms with Gasteiger partial charge in [0.15, 0.2) is 0 Å². The number of amides is 1. The van der Waals surface area contributed by atoms with Crippen molar-refractivity contribution < 1.29 is 4.79 Å². The second-order valence-corrected chi connectivity index (χ2v) is 7.10. The van der Waals surface area contributed by atoms with Gasteiger partial charge in [-0.25, -0.2) is 4.98 Å². The molecule has 21 heavy (non-hydrogen) atoms. The van der Waals surface area contributed by atoms with Gasteiger partial charge < -0.3 is 11.1 Å². The molecule has 0 saturated carbocycles. The van der Waals surface area contributed by atoms with Gasteiger partial charge in [-0.15, -0.1) is 11.3 Å². The Kier molecular flexibility index (Phi) is 5.90. The fourth-order valence-corrected chi connectivity index (χ4v) is 3.73. The van der Waals surface area contributed by atoms with E-state index in [2.05, 4.69) is 10.3 Å². The number of hydrogen-bond acceptors (Lipinski definition) is 5. The van der Waals surface area contributed by atoms with Gasteiger partial charge in [0.1, 0.15) is 4.34 Å². The molecule has 1 aromatic heterocycles. The van der Waals surface area contributed by atoms with Crippen molar-refractivity contribution in [3.05, 3.63) is 34.3 Å². The van der Waals surface area contributed by atoms with Crippen molar-refractivity contribution in [2.24, 2.45) is 0 Å². The van der Waals surface area contributed by atoms with Crippen LogP contribution in [0.3, 0.4) is 0 Å². The summed E-state index contributed by atoms with van der Waals surface area (Å²) in [5.41, 5.74) is 7.82. The third-order valence-electron chi connectivity index (χ3n) is 2.64. The highest BCUT2D eigenvalue weighted by Gasteiger charge is 2.07. The van der Waals surface area contributed by atoms with E-state index in [0.717, 1.165) is 22.2 Å². The first-order chi connectivity index (χ1) is 10.0. The van der Waals surface area contributed by atoms with Crippen LogP contribution >= 0.6 is 34.7 Å². The second-order valence-electron chi connectivity index (χ2n) is 4.49. The molecule has 0 saturated heterocycles. The van der Waals surface area contributed by atoms with Crippen molar-refractivity contribution in [3.63, 3.8) is 0 Å². The highest BCUT2D eigenvalue weighted by Crippen LogP contribution is 2.25. The minimum absolute atomic E-state index is 0.0439. The zero-order valence-corrected chi connectivity index (χ0v) is 13.9.